The van der Waals surface area contributed by atoms with Crippen LogP contribution in [0.25, 0.3) is 0 Å². The summed E-state index contributed by atoms with van der Waals surface area (Å²) in [6, 6.07) is 9.28. The molecule has 0 aromatic heterocycles. The van der Waals surface area contributed by atoms with Gasteiger partial charge in [0.1, 0.15) is 0 Å². The predicted octanol–water partition coefficient (Wildman–Crippen LogP) is 3.67. The van der Waals surface area contributed by atoms with E-state index in [1.807, 2.05) is 12.1 Å². The van der Waals surface area contributed by atoms with Gasteiger partial charge in [0.2, 0.25) is 0 Å². The highest BCUT2D eigenvalue weighted by Crippen LogP contribution is 2.46. The van der Waals surface area contributed by atoms with E-state index in [-0.39, 0.29) is 0 Å². The van der Waals surface area contributed by atoms with Crippen LogP contribution in [0.2, 0.25) is 5.02 Å². The average Bonchev–Trinajstić information content (AvgIpc) is 2.65. The standard InChI is InChI=1S/C15H19ClN2O/c1-18-12-6-7-15(18)14(9-17-19)13(8-12)10-2-4-11(16)5-3-10/h2-5,12-15H,6-9H2,1H3/t12?,13-,14-,15-/m1/s1. The average molecular weight is 279 g/mol. The summed E-state index contributed by atoms with van der Waals surface area (Å²) >= 11 is 5.96. The van der Waals surface area contributed by atoms with E-state index in [2.05, 4.69) is 29.3 Å². The lowest BCUT2D eigenvalue weighted by Crippen LogP contribution is -2.46. The summed E-state index contributed by atoms with van der Waals surface area (Å²) < 4.78 is 0. The van der Waals surface area contributed by atoms with Crippen LogP contribution < -0.4 is 0 Å². The van der Waals surface area contributed by atoms with Crippen LogP contribution in [0, 0.1) is 10.8 Å². The van der Waals surface area contributed by atoms with Crippen LogP contribution in [0.15, 0.2) is 29.4 Å². The minimum Gasteiger partial charge on any atom is -0.300 e. The Morgan fingerprint density at radius 2 is 2.05 bits per heavy atom. The smallest absolute Gasteiger partial charge is 0.0860 e. The van der Waals surface area contributed by atoms with Crippen molar-refractivity contribution in [2.75, 3.05) is 13.6 Å². The number of fused-ring (bicyclic) bond motifs is 2. The van der Waals surface area contributed by atoms with Crippen molar-refractivity contribution in [3.63, 3.8) is 0 Å². The van der Waals surface area contributed by atoms with Crippen LogP contribution in [-0.2, 0) is 0 Å². The molecular formula is C15H19ClN2O. The van der Waals surface area contributed by atoms with Crippen molar-refractivity contribution in [3.05, 3.63) is 39.8 Å². The zero-order valence-electron chi connectivity index (χ0n) is 11.1. The molecule has 2 saturated heterocycles. The van der Waals surface area contributed by atoms with Gasteiger partial charge in [-0.05, 0) is 49.9 Å². The fourth-order valence-corrected chi connectivity index (χ4v) is 4.13. The van der Waals surface area contributed by atoms with Gasteiger partial charge in [0, 0.05) is 23.0 Å². The zero-order valence-corrected chi connectivity index (χ0v) is 11.9. The number of piperidine rings is 1. The molecule has 1 aromatic carbocycles. The van der Waals surface area contributed by atoms with Crippen LogP contribution in [0.1, 0.15) is 30.7 Å². The zero-order chi connectivity index (χ0) is 13.4. The van der Waals surface area contributed by atoms with Crippen molar-refractivity contribution in [1.82, 2.24) is 4.90 Å². The largest absolute Gasteiger partial charge is 0.300 e. The summed E-state index contributed by atoms with van der Waals surface area (Å²) in [6.07, 6.45) is 3.58. The lowest BCUT2D eigenvalue weighted by Gasteiger charge is -2.42. The van der Waals surface area contributed by atoms with Crippen LogP contribution in [0.5, 0.6) is 0 Å². The molecule has 3 rings (SSSR count). The third-order valence-electron chi connectivity index (χ3n) is 5.02. The number of nitroso groups, excluding NO2 is 1. The van der Waals surface area contributed by atoms with E-state index in [0.717, 1.165) is 11.4 Å². The summed E-state index contributed by atoms with van der Waals surface area (Å²) in [5.41, 5.74) is 1.31. The highest BCUT2D eigenvalue weighted by molar-refractivity contribution is 6.30. The fraction of sp³-hybridized carbons (Fsp3) is 0.600. The molecule has 4 heteroatoms. The van der Waals surface area contributed by atoms with Gasteiger partial charge >= 0.3 is 0 Å². The summed E-state index contributed by atoms with van der Waals surface area (Å²) in [7, 11) is 2.19. The molecule has 1 unspecified atom stereocenters. The molecule has 2 bridgehead atoms. The second-order valence-electron chi connectivity index (χ2n) is 5.83. The maximum atomic E-state index is 10.8. The minimum absolute atomic E-state index is 0.349. The van der Waals surface area contributed by atoms with E-state index in [1.165, 1.54) is 18.4 Å². The van der Waals surface area contributed by atoms with Gasteiger partial charge in [0.25, 0.3) is 0 Å². The van der Waals surface area contributed by atoms with Crippen molar-refractivity contribution in [2.24, 2.45) is 11.1 Å². The first-order valence-electron chi connectivity index (χ1n) is 6.97. The number of nitrogens with zero attached hydrogens (tertiary/aromatic N) is 2. The Bertz CT molecular complexity index is 462. The van der Waals surface area contributed by atoms with Crippen LogP contribution >= 0.6 is 11.6 Å². The number of benzene rings is 1. The molecule has 0 amide bonds. The Morgan fingerprint density at radius 3 is 2.74 bits per heavy atom. The van der Waals surface area contributed by atoms with Gasteiger partial charge in [-0.25, -0.2) is 0 Å². The molecule has 2 fully saturated rings. The second-order valence-corrected chi connectivity index (χ2v) is 6.27. The number of rotatable bonds is 3. The van der Waals surface area contributed by atoms with Crippen LogP contribution in [0.4, 0.5) is 0 Å². The first-order valence-corrected chi connectivity index (χ1v) is 7.35. The van der Waals surface area contributed by atoms with E-state index in [4.69, 9.17) is 11.6 Å². The van der Waals surface area contributed by atoms with Crippen molar-refractivity contribution >= 4 is 11.6 Å². The van der Waals surface area contributed by atoms with Gasteiger partial charge in [-0.1, -0.05) is 28.9 Å². The second kappa shape index (κ2) is 5.22. The SMILES string of the molecule is CN1C2CC[C@@H]1[C@H](CN=O)[C@@H](c1ccc(Cl)cc1)C2. The Morgan fingerprint density at radius 1 is 1.32 bits per heavy atom. The predicted molar refractivity (Wildman–Crippen MR) is 77.5 cm³/mol. The highest BCUT2D eigenvalue weighted by Gasteiger charge is 2.45. The van der Waals surface area contributed by atoms with Gasteiger partial charge in [0.05, 0.1) is 6.54 Å². The molecule has 0 N–H and O–H groups in total. The van der Waals surface area contributed by atoms with Crippen LogP contribution in [-0.4, -0.2) is 30.6 Å². The summed E-state index contributed by atoms with van der Waals surface area (Å²) in [5.74, 6) is 0.797. The number of hydrogen-bond acceptors (Lipinski definition) is 3. The van der Waals surface area contributed by atoms with Crippen LogP contribution in [0.3, 0.4) is 0 Å². The molecule has 4 atom stereocenters. The number of hydrogen-bond donors (Lipinski definition) is 0. The molecule has 3 nitrogen and oxygen atoms in total. The monoisotopic (exact) mass is 278 g/mol. The Balaban J connectivity index is 1.90. The van der Waals surface area contributed by atoms with Crippen molar-refractivity contribution in [1.29, 1.82) is 0 Å². The Hall–Kier alpha value is -0.930. The van der Waals surface area contributed by atoms with E-state index >= 15 is 0 Å². The van der Waals surface area contributed by atoms with Gasteiger partial charge in [-0.15, -0.1) is 0 Å². The van der Waals surface area contributed by atoms with Crippen molar-refractivity contribution < 1.29 is 0 Å². The Kier molecular flexibility index (Phi) is 3.59. The fourth-order valence-electron chi connectivity index (χ4n) is 4.01. The van der Waals surface area contributed by atoms with E-state index in [0.29, 0.717) is 30.5 Å². The molecule has 2 aliphatic rings. The summed E-state index contributed by atoms with van der Waals surface area (Å²) in [4.78, 5) is 13.3. The first-order chi connectivity index (χ1) is 9.20. The number of halogens is 1. The topological polar surface area (TPSA) is 32.7 Å². The van der Waals surface area contributed by atoms with E-state index in [1.54, 1.807) is 0 Å². The normalized spacial score (nSPS) is 34.4. The third-order valence-corrected chi connectivity index (χ3v) is 5.27. The molecular weight excluding hydrogens is 260 g/mol. The quantitative estimate of drug-likeness (QED) is 0.790. The summed E-state index contributed by atoms with van der Waals surface area (Å²) in [6.45, 7) is 0.426. The van der Waals surface area contributed by atoms with Crippen molar-refractivity contribution in [2.45, 2.75) is 37.3 Å². The molecule has 2 aliphatic heterocycles. The third kappa shape index (κ3) is 2.30. The lowest BCUT2D eigenvalue weighted by atomic mass is 9.76. The highest BCUT2D eigenvalue weighted by atomic mass is 35.5. The molecule has 2 heterocycles. The molecule has 0 spiro atoms. The van der Waals surface area contributed by atoms with Gasteiger partial charge in [0.15, 0.2) is 0 Å². The lowest BCUT2D eigenvalue weighted by molar-refractivity contribution is 0.104. The van der Waals surface area contributed by atoms with Gasteiger partial charge in [-0.2, -0.15) is 4.91 Å². The van der Waals surface area contributed by atoms with E-state index < -0.39 is 0 Å². The maximum absolute atomic E-state index is 10.8. The Labute approximate surface area is 118 Å². The molecule has 19 heavy (non-hydrogen) atoms. The molecule has 1 aromatic rings. The van der Waals surface area contributed by atoms with Gasteiger partial charge < -0.3 is 4.90 Å². The molecule has 102 valence electrons. The summed E-state index contributed by atoms with van der Waals surface area (Å²) in [5, 5.41) is 3.97. The molecule has 0 radical (unpaired) electrons. The molecule has 0 aliphatic carbocycles. The van der Waals surface area contributed by atoms with Gasteiger partial charge in [-0.3, -0.25) is 0 Å². The molecule has 0 saturated carbocycles. The van der Waals surface area contributed by atoms with Crippen molar-refractivity contribution in [3.8, 4) is 0 Å². The van der Waals surface area contributed by atoms with E-state index in [9.17, 15) is 4.91 Å². The maximum Gasteiger partial charge on any atom is 0.0860 e. The minimum atomic E-state index is 0.349. The first kappa shape index (κ1) is 13.1.